The van der Waals surface area contributed by atoms with Crippen LogP contribution in [0, 0.1) is 0 Å². The van der Waals surface area contributed by atoms with Gasteiger partial charge in [-0.1, -0.05) is 6.92 Å². The molecule has 2 N–H and O–H groups in total. The summed E-state index contributed by atoms with van der Waals surface area (Å²) < 4.78 is 10.6. The summed E-state index contributed by atoms with van der Waals surface area (Å²) >= 11 is 0. The second-order valence-electron chi connectivity index (χ2n) is 4.49. The molecule has 1 amide bonds. The molecule has 0 radical (unpaired) electrons. The SMILES string of the molecule is CCc1ccc(C(=O)NCC2CCC(C(=O)O)O2)o1. The number of furan rings is 1. The maximum absolute atomic E-state index is 11.8. The van der Waals surface area contributed by atoms with Crippen molar-refractivity contribution in [2.24, 2.45) is 0 Å². The van der Waals surface area contributed by atoms with Gasteiger partial charge in [0.2, 0.25) is 0 Å². The van der Waals surface area contributed by atoms with Crippen LogP contribution < -0.4 is 5.32 Å². The first-order valence-corrected chi connectivity index (χ1v) is 6.35. The lowest BCUT2D eigenvalue weighted by Crippen LogP contribution is -2.32. The number of carboxylic acids is 1. The number of aliphatic carboxylic acids is 1. The lowest BCUT2D eigenvalue weighted by atomic mass is 10.2. The zero-order valence-electron chi connectivity index (χ0n) is 10.7. The molecule has 6 nitrogen and oxygen atoms in total. The van der Waals surface area contributed by atoms with E-state index in [-0.39, 0.29) is 17.8 Å². The second-order valence-corrected chi connectivity index (χ2v) is 4.49. The largest absolute Gasteiger partial charge is 0.479 e. The fourth-order valence-electron chi connectivity index (χ4n) is 2.02. The quantitative estimate of drug-likeness (QED) is 0.837. The number of carboxylic acid groups (broad SMARTS) is 1. The van der Waals surface area contributed by atoms with E-state index >= 15 is 0 Å². The molecule has 6 heteroatoms. The van der Waals surface area contributed by atoms with Crippen molar-refractivity contribution in [1.82, 2.24) is 5.32 Å². The topological polar surface area (TPSA) is 88.8 Å². The first-order valence-electron chi connectivity index (χ1n) is 6.35. The first kappa shape index (κ1) is 13.6. The number of ether oxygens (including phenoxy) is 1. The smallest absolute Gasteiger partial charge is 0.332 e. The van der Waals surface area contributed by atoms with Crippen LogP contribution in [-0.2, 0) is 16.0 Å². The van der Waals surface area contributed by atoms with Gasteiger partial charge in [0.05, 0.1) is 6.10 Å². The molecule has 0 saturated carbocycles. The molecule has 1 aliphatic rings. The van der Waals surface area contributed by atoms with E-state index < -0.39 is 12.1 Å². The molecule has 104 valence electrons. The van der Waals surface area contributed by atoms with Crippen molar-refractivity contribution in [3.8, 4) is 0 Å². The highest BCUT2D eigenvalue weighted by molar-refractivity contribution is 5.91. The van der Waals surface area contributed by atoms with Gasteiger partial charge in [0.15, 0.2) is 11.9 Å². The highest BCUT2D eigenvalue weighted by atomic mass is 16.5. The number of carbonyl (C=O) groups excluding carboxylic acids is 1. The third-order valence-corrected chi connectivity index (χ3v) is 3.11. The minimum atomic E-state index is -0.951. The Kier molecular flexibility index (Phi) is 4.21. The van der Waals surface area contributed by atoms with Crippen LogP contribution in [0.4, 0.5) is 0 Å². The van der Waals surface area contributed by atoms with E-state index in [4.69, 9.17) is 14.3 Å². The molecule has 1 fully saturated rings. The van der Waals surface area contributed by atoms with Gasteiger partial charge in [0.25, 0.3) is 5.91 Å². The van der Waals surface area contributed by atoms with Gasteiger partial charge < -0.3 is 19.6 Å². The average Bonchev–Trinajstić information content (AvgIpc) is 3.04. The van der Waals surface area contributed by atoms with E-state index in [1.165, 1.54) is 0 Å². The van der Waals surface area contributed by atoms with Crippen LogP contribution in [0.15, 0.2) is 16.5 Å². The highest BCUT2D eigenvalue weighted by Gasteiger charge is 2.30. The van der Waals surface area contributed by atoms with Gasteiger partial charge in [0, 0.05) is 13.0 Å². The lowest BCUT2D eigenvalue weighted by molar-refractivity contribution is -0.149. The molecule has 0 aromatic carbocycles. The van der Waals surface area contributed by atoms with E-state index in [1.54, 1.807) is 12.1 Å². The third kappa shape index (κ3) is 3.35. The van der Waals surface area contributed by atoms with Crippen molar-refractivity contribution in [2.45, 2.75) is 38.4 Å². The monoisotopic (exact) mass is 267 g/mol. The minimum absolute atomic E-state index is 0.245. The van der Waals surface area contributed by atoms with Crippen LogP contribution in [0.25, 0.3) is 0 Å². The van der Waals surface area contributed by atoms with E-state index in [1.807, 2.05) is 6.92 Å². The molecule has 2 rings (SSSR count). The summed E-state index contributed by atoms with van der Waals surface area (Å²) in [4.78, 5) is 22.5. The van der Waals surface area contributed by atoms with Crippen molar-refractivity contribution in [3.63, 3.8) is 0 Å². The fourth-order valence-corrected chi connectivity index (χ4v) is 2.02. The molecule has 1 saturated heterocycles. The van der Waals surface area contributed by atoms with Gasteiger partial charge in [-0.2, -0.15) is 0 Å². The maximum Gasteiger partial charge on any atom is 0.332 e. The number of hydrogen-bond acceptors (Lipinski definition) is 4. The number of aryl methyl sites for hydroxylation is 1. The van der Waals surface area contributed by atoms with Gasteiger partial charge in [-0.3, -0.25) is 4.79 Å². The Hall–Kier alpha value is -1.82. The molecule has 2 unspecified atom stereocenters. The van der Waals surface area contributed by atoms with Gasteiger partial charge in [0.1, 0.15) is 5.76 Å². The summed E-state index contributed by atoms with van der Waals surface area (Å²) in [5.41, 5.74) is 0. The van der Waals surface area contributed by atoms with Gasteiger partial charge in [-0.15, -0.1) is 0 Å². The van der Waals surface area contributed by atoms with Crippen LogP contribution in [0.5, 0.6) is 0 Å². The molecule has 2 heterocycles. The fraction of sp³-hybridized carbons (Fsp3) is 0.538. The van der Waals surface area contributed by atoms with E-state index in [0.717, 1.165) is 12.2 Å². The zero-order chi connectivity index (χ0) is 13.8. The van der Waals surface area contributed by atoms with Gasteiger partial charge >= 0.3 is 5.97 Å². The van der Waals surface area contributed by atoms with Crippen molar-refractivity contribution in [1.29, 1.82) is 0 Å². The Balaban J connectivity index is 1.79. The van der Waals surface area contributed by atoms with Crippen LogP contribution in [-0.4, -0.2) is 35.7 Å². The van der Waals surface area contributed by atoms with Crippen molar-refractivity contribution >= 4 is 11.9 Å². The molecular formula is C13H17NO5. The van der Waals surface area contributed by atoms with Crippen molar-refractivity contribution in [2.75, 3.05) is 6.54 Å². The molecule has 2 atom stereocenters. The second kappa shape index (κ2) is 5.88. The number of nitrogens with one attached hydrogen (secondary N) is 1. The predicted molar refractivity (Wildman–Crippen MR) is 66.0 cm³/mol. The predicted octanol–water partition coefficient (Wildman–Crippen LogP) is 1.20. The Morgan fingerprint density at radius 1 is 1.42 bits per heavy atom. The Morgan fingerprint density at radius 2 is 2.21 bits per heavy atom. The Morgan fingerprint density at radius 3 is 2.79 bits per heavy atom. The molecular weight excluding hydrogens is 250 g/mol. The van der Waals surface area contributed by atoms with Crippen LogP contribution in [0.3, 0.4) is 0 Å². The van der Waals surface area contributed by atoms with Gasteiger partial charge in [-0.25, -0.2) is 4.79 Å². The molecule has 1 aliphatic heterocycles. The first-order chi connectivity index (χ1) is 9.10. The van der Waals surface area contributed by atoms with E-state index in [2.05, 4.69) is 5.32 Å². The van der Waals surface area contributed by atoms with E-state index in [0.29, 0.717) is 19.4 Å². The van der Waals surface area contributed by atoms with Crippen molar-refractivity contribution in [3.05, 3.63) is 23.7 Å². The standard InChI is InChI=1S/C13H17NO5/c1-2-8-3-5-10(18-8)12(15)14-7-9-4-6-11(19-9)13(16)17/h3,5,9,11H,2,4,6-7H2,1H3,(H,14,15)(H,16,17). The summed E-state index contributed by atoms with van der Waals surface area (Å²) in [6, 6.07) is 3.39. The number of carbonyl (C=O) groups is 2. The molecule has 0 bridgehead atoms. The third-order valence-electron chi connectivity index (χ3n) is 3.11. The van der Waals surface area contributed by atoms with Crippen molar-refractivity contribution < 1.29 is 23.8 Å². The Bertz CT molecular complexity index is 467. The summed E-state index contributed by atoms with van der Waals surface area (Å²) in [6.07, 6.45) is 0.855. The molecule has 1 aromatic heterocycles. The lowest BCUT2D eigenvalue weighted by Gasteiger charge is -2.11. The van der Waals surface area contributed by atoms with Crippen LogP contribution in [0.1, 0.15) is 36.1 Å². The average molecular weight is 267 g/mol. The Labute approximate surface area is 110 Å². The normalized spacial score (nSPS) is 22.4. The molecule has 1 aromatic rings. The summed E-state index contributed by atoms with van der Waals surface area (Å²) in [7, 11) is 0. The van der Waals surface area contributed by atoms with Crippen LogP contribution in [0.2, 0.25) is 0 Å². The summed E-state index contributed by atoms with van der Waals surface area (Å²) in [6.45, 7) is 2.24. The zero-order valence-corrected chi connectivity index (χ0v) is 10.7. The summed E-state index contributed by atoms with van der Waals surface area (Å²) in [5, 5.41) is 11.5. The minimum Gasteiger partial charge on any atom is -0.479 e. The van der Waals surface area contributed by atoms with Gasteiger partial charge in [-0.05, 0) is 25.0 Å². The molecule has 0 aliphatic carbocycles. The maximum atomic E-state index is 11.8. The number of rotatable bonds is 5. The van der Waals surface area contributed by atoms with E-state index in [9.17, 15) is 9.59 Å². The highest BCUT2D eigenvalue weighted by Crippen LogP contribution is 2.19. The van der Waals surface area contributed by atoms with Crippen LogP contribution >= 0.6 is 0 Å². The molecule has 19 heavy (non-hydrogen) atoms. The summed E-state index contributed by atoms with van der Waals surface area (Å²) in [5.74, 6) is -0.229. The number of amides is 1. The number of hydrogen-bond donors (Lipinski definition) is 2. The molecule has 0 spiro atoms.